The van der Waals surface area contributed by atoms with Crippen molar-refractivity contribution in [3.05, 3.63) is 113 Å². The van der Waals surface area contributed by atoms with E-state index in [0.29, 0.717) is 17.7 Å². The molecular weight excluding hydrogens is 336 g/mol. The number of para-hydroxylation sites is 1. The van der Waals surface area contributed by atoms with Gasteiger partial charge in [-0.1, -0.05) is 48.5 Å². The minimum Gasteiger partial charge on any atom is -0.507 e. The van der Waals surface area contributed by atoms with Gasteiger partial charge in [0.25, 0.3) is 5.56 Å². The average molecular weight is 354 g/mol. The highest BCUT2D eigenvalue weighted by atomic mass is 16.3. The molecule has 0 aliphatic carbocycles. The lowest BCUT2D eigenvalue weighted by atomic mass is 10.0. The maximum absolute atomic E-state index is 13.4. The van der Waals surface area contributed by atoms with Crippen LogP contribution in [0.3, 0.4) is 0 Å². The lowest BCUT2D eigenvalue weighted by Crippen LogP contribution is -2.24. The normalized spacial score (nSPS) is 10.7. The summed E-state index contributed by atoms with van der Waals surface area (Å²) in [4.78, 5) is 17.5. The van der Waals surface area contributed by atoms with E-state index in [1.165, 1.54) is 0 Å². The summed E-state index contributed by atoms with van der Waals surface area (Å²) < 4.78 is 1.63. The second-order valence-corrected chi connectivity index (χ2v) is 6.27. The lowest BCUT2D eigenvalue weighted by molar-refractivity contribution is 0.466. The Labute approximate surface area is 157 Å². The Morgan fingerprint density at radius 1 is 0.889 bits per heavy atom. The standard InChI is InChI=1S/C23H18N2O2/c26-22-15-21(18-10-7-13-24-16-18)25(19-11-5-2-6-12-19)23(27)20(22)14-17-8-3-1-4-9-17/h1-13,15-16,26H,14H2. The number of pyridine rings is 2. The minimum absolute atomic E-state index is 0.00473. The molecule has 0 radical (unpaired) electrons. The Morgan fingerprint density at radius 2 is 1.59 bits per heavy atom. The molecule has 4 rings (SSSR count). The summed E-state index contributed by atoms with van der Waals surface area (Å²) in [6.07, 6.45) is 3.73. The number of benzene rings is 2. The van der Waals surface area contributed by atoms with Crippen molar-refractivity contribution < 1.29 is 5.11 Å². The van der Waals surface area contributed by atoms with E-state index in [-0.39, 0.29) is 11.3 Å². The maximum atomic E-state index is 13.4. The molecule has 0 aliphatic rings. The van der Waals surface area contributed by atoms with Crippen molar-refractivity contribution >= 4 is 0 Å². The molecule has 4 nitrogen and oxygen atoms in total. The summed E-state index contributed by atoms with van der Waals surface area (Å²) >= 11 is 0. The quantitative estimate of drug-likeness (QED) is 0.598. The summed E-state index contributed by atoms with van der Waals surface area (Å²) in [5.74, 6) is -0.00473. The molecule has 132 valence electrons. The monoisotopic (exact) mass is 354 g/mol. The highest BCUT2D eigenvalue weighted by Gasteiger charge is 2.17. The Bertz CT molecular complexity index is 1110. The van der Waals surface area contributed by atoms with Crippen molar-refractivity contribution in [3.63, 3.8) is 0 Å². The van der Waals surface area contributed by atoms with Crippen molar-refractivity contribution in [2.75, 3.05) is 0 Å². The van der Waals surface area contributed by atoms with Crippen molar-refractivity contribution in [1.29, 1.82) is 0 Å². The summed E-state index contributed by atoms with van der Waals surface area (Å²) in [7, 11) is 0. The summed E-state index contributed by atoms with van der Waals surface area (Å²) in [5, 5.41) is 10.6. The zero-order valence-corrected chi connectivity index (χ0v) is 14.6. The van der Waals surface area contributed by atoms with E-state index in [0.717, 1.165) is 16.8 Å². The van der Waals surface area contributed by atoms with Gasteiger partial charge in [0.2, 0.25) is 0 Å². The molecule has 0 spiro atoms. The second-order valence-electron chi connectivity index (χ2n) is 6.27. The third kappa shape index (κ3) is 3.37. The Balaban J connectivity index is 1.95. The van der Waals surface area contributed by atoms with Gasteiger partial charge in [-0.25, -0.2) is 0 Å². The molecular formula is C23H18N2O2. The van der Waals surface area contributed by atoms with Crippen LogP contribution in [0.15, 0.2) is 96.1 Å². The number of rotatable bonds is 4. The van der Waals surface area contributed by atoms with Crippen LogP contribution in [-0.2, 0) is 6.42 Å². The van der Waals surface area contributed by atoms with Gasteiger partial charge in [0.05, 0.1) is 11.3 Å². The molecule has 4 heteroatoms. The predicted octanol–water partition coefficient (Wildman–Crippen LogP) is 4.20. The smallest absolute Gasteiger partial charge is 0.262 e. The van der Waals surface area contributed by atoms with Crippen LogP contribution in [0.25, 0.3) is 16.9 Å². The van der Waals surface area contributed by atoms with E-state index in [4.69, 9.17) is 0 Å². The second kappa shape index (κ2) is 7.30. The number of aromatic nitrogens is 2. The molecule has 0 saturated carbocycles. The third-order valence-electron chi connectivity index (χ3n) is 4.48. The van der Waals surface area contributed by atoms with Gasteiger partial charge in [-0.2, -0.15) is 0 Å². The van der Waals surface area contributed by atoms with E-state index >= 15 is 0 Å². The van der Waals surface area contributed by atoms with Crippen LogP contribution < -0.4 is 5.56 Å². The predicted molar refractivity (Wildman–Crippen MR) is 106 cm³/mol. The first-order valence-corrected chi connectivity index (χ1v) is 8.71. The lowest BCUT2D eigenvalue weighted by Gasteiger charge is -2.16. The molecule has 4 aromatic rings. The van der Waals surface area contributed by atoms with Crippen LogP contribution in [0, 0.1) is 0 Å². The van der Waals surface area contributed by atoms with Gasteiger partial charge < -0.3 is 5.11 Å². The van der Waals surface area contributed by atoms with E-state index in [1.54, 1.807) is 23.0 Å². The van der Waals surface area contributed by atoms with Crippen molar-refractivity contribution in [1.82, 2.24) is 9.55 Å². The Morgan fingerprint density at radius 3 is 2.26 bits per heavy atom. The van der Waals surface area contributed by atoms with Gasteiger partial charge in [-0.3, -0.25) is 14.3 Å². The zero-order chi connectivity index (χ0) is 18.6. The first kappa shape index (κ1) is 16.8. The first-order valence-electron chi connectivity index (χ1n) is 8.71. The largest absolute Gasteiger partial charge is 0.507 e. The summed E-state index contributed by atoms with van der Waals surface area (Å²) in [6.45, 7) is 0. The number of aromatic hydroxyl groups is 1. The van der Waals surface area contributed by atoms with E-state index < -0.39 is 0 Å². The summed E-state index contributed by atoms with van der Waals surface area (Å²) in [6, 6.07) is 24.4. The van der Waals surface area contributed by atoms with Gasteiger partial charge in [0.1, 0.15) is 5.75 Å². The van der Waals surface area contributed by atoms with Crippen molar-refractivity contribution in [2.45, 2.75) is 6.42 Å². The third-order valence-corrected chi connectivity index (χ3v) is 4.48. The zero-order valence-electron chi connectivity index (χ0n) is 14.6. The number of hydrogen-bond donors (Lipinski definition) is 1. The molecule has 2 heterocycles. The fraction of sp³-hybridized carbons (Fsp3) is 0.0435. The van der Waals surface area contributed by atoms with E-state index in [9.17, 15) is 9.90 Å². The highest BCUT2D eigenvalue weighted by Crippen LogP contribution is 2.27. The molecule has 0 bridgehead atoms. The van der Waals surface area contributed by atoms with Crippen LogP contribution in [0.5, 0.6) is 5.75 Å². The number of hydrogen-bond acceptors (Lipinski definition) is 3. The molecule has 0 unspecified atom stereocenters. The Kier molecular flexibility index (Phi) is 4.54. The number of nitrogens with zero attached hydrogens (tertiary/aromatic N) is 2. The van der Waals surface area contributed by atoms with Crippen LogP contribution in [0.1, 0.15) is 11.1 Å². The average Bonchev–Trinajstić information content (AvgIpc) is 2.73. The highest BCUT2D eigenvalue weighted by molar-refractivity contribution is 5.64. The molecule has 2 aromatic carbocycles. The molecule has 0 saturated heterocycles. The van der Waals surface area contributed by atoms with Gasteiger partial charge in [-0.15, -0.1) is 0 Å². The topological polar surface area (TPSA) is 55.1 Å². The SMILES string of the molecule is O=c1c(Cc2ccccc2)c(O)cc(-c2cccnc2)n1-c1ccccc1. The minimum atomic E-state index is -0.232. The molecule has 0 fully saturated rings. The van der Waals surface area contributed by atoms with Crippen LogP contribution in [0.4, 0.5) is 0 Å². The molecule has 1 N–H and O–H groups in total. The van der Waals surface area contributed by atoms with Gasteiger partial charge in [0.15, 0.2) is 0 Å². The molecule has 0 aliphatic heterocycles. The van der Waals surface area contributed by atoms with Gasteiger partial charge in [0, 0.05) is 36.1 Å². The molecule has 0 amide bonds. The van der Waals surface area contributed by atoms with Crippen LogP contribution in [-0.4, -0.2) is 14.7 Å². The van der Waals surface area contributed by atoms with Gasteiger partial charge >= 0.3 is 0 Å². The van der Waals surface area contributed by atoms with Crippen LogP contribution in [0.2, 0.25) is 0 Å². The fourth-order valence-corrected chi connectivity index (χ4v) is 3.16. The molecule has 27 heavy (non-hydrogen) atoms. The molecule has 0 atom stereocenters. The fourth-order valence-electron chi connectivity index (χ4n) is 3.16. The Hall–Kier alpha value is -3.66. The summed E-state index contributed by atoms with van der Waals surface area (Å²) in [5.41, 5.74) is 3.23. The van der Waals surface area contributed by atoms with E-state index in [1.807, 2.05) is 72.8 Å². The van der Waals surface area contributed by atoms with Crippen molar-refractivity contribution in [3.8, 4) is 22.7 Å². The van der Waals surface area contributed by atoms with Crippen molar-refractivity contribution in [2.24, 2.45) is 0 Å². The van der Waals surface area contributed by atoms with Crippen LogP contribution >= 0.6 is 0 Å². The molecule has 2 aromatic heterocycles. The van der Waals surface area contributed by atoms with E-state index in [2.05, 4.69) is 4.98 Å². The maximum Gasteiger partial charge on any atom is 0.262 e. The first-order chi connectivity index (χ1) is 13.2. The van der Waals surface area contributed by atoms with Gasteiger partial charge in [-0.05, 0) is 29.8 Å².